The van der Waals surface area contributed by atoms with Crippen LogP contribution in [0.2, 0.25) is 0 Å². The summed E-state index contributed by atoms with van der Waals surface area (Å²) in [5, 5.41) is 4.42. The van der Waals surface area contributed by atoms with Gasteiger partial charge in [-0.3, -0.25) is 4.79 Å². The third-order valence-corrected chi connectivity index (χ3v) is 4.86. The largest absolute Gasteiger partial charge is 0.385 e. The van der Waals surface area contributed by atoms with Crippen molar-refractivity contribution < 1.29 is 14.3 Å². The van der Waals surface area contributed by atoms with E-state index in [-0.39, 0.29) is 12.0 Å². The highest BCUT2D eigenvalue weighted by Crippen LogP contribution is 2.23. The Morgan fingerprint density at radius 3 is 3.00 bits per heavy atom. The zero-order valence-electron chi connectivity index (χ0n) is 15.7. The molecule has 0 radical (unpaired) electrons. The van der Waals surface area contributed by atoms with E-state index >= 15 is 0 Å². The van der Waals surface area contributed by atoms with E-state index in [1.165, 1.54) is 16.5 Å². The standard InChI is InChI=1S/C20H29N3O3/c1-22(20(24)19-13-21-9-12-26-19)14-16-15-23(10-5-6-11-25-2)18-8-4-3-7-17(16)18/h3-4,7-8,15,19,21H,5-6,9-14H2,1-2H3. The van der Waals surface area contributed by atoms with Crippen molar-refractivity contribution in [1.82, 2.24) is 14.8 Å². The van der Waals surface area contributed by atoms with Crippen molar-refractivity contribution in [2.75, 3.05) is 40.5 Å². The molecule has 142 valence electrons. The summed E-state index contributed by atoms with van der Waals surface area (Å²) in [5.74, 6) is 0.0362. The number of hydrogen-bond acceptors (Lipinski definition) is 4. The minimum Gasteiger partial charge on any atom is -0.385 e. The lowest BCUT2D eigenvalue weighted by Crippen LogP contribution is -2.48. The number of rotatable bonds is 8. The number of carbonyl (C=O) groups excluding carboxylic acids is 1. The highest BCUT2D eigenvalue weighted by Gasteiger charge is 2.25. The lowest BCUT2D eigenvalue weighted by atomic mass is 10.1. The number of likely N-dealkylation sites (N-methyl/N-ethyl adjacent to an activating group) is 1. The summed E-state index contributed by atoms with van der Waals surface area (Å²) < 4.78 is 13.0. The Hall–Kier alpha value is -1.89. The van der Waals surface area contributed by atoms with Crippen molar-refractivity contribution >= 4 is 16.8 Å². The summed E-state index contributed by atoms with van der Waals surface area (Å²) in [6.45, 7) is 4.32. The first kappa shape index (κ1) is 18.9. The second-order valence-corrected chi connectivity index (χ2v) is 6.82. The Morgan fingerprint density at radius 2 is 2.23 bits per heavy atom. The van der Waals surface area contributed by atoms with Crippen LogP contribution in [0.15, 0.2) is 30.5 Å². The summed E-state index contributed by atoms with van der Waals surface area (Å²) in [5.41, 5.74) is 2.39. The fourth-order valence-corrected chi connectivity index (χ4v) is 3.47. The summed E-state index contributed by atoms with van der Waals surface area (Å²) in [7, 11) is 3.59. The van der Waals surface area contributed by atoms with Crippen LogP contribution in [0.1, 0.15) is 18.4 Å². The van der Waals surface area contributed by atoms with Crippen molar-refractivity contribution in [3.05, 3.63) is 36.0 Å². The Kier molecular flexibility index (Phi) is 6.66. The van der Waals surface area contributed by atoms with Gasteiger partial charge in [-0.2, -0.15) is 0 Å². The Bertz CT molecular complexity index is 722. The number of aromatic nitrogens is 1. The van der Waals surface area contributed by atoms with Crippen LogP contribution >= 0.6 is 0 Å². The van der Waals surface area contributed by atoms with Crippen LogP contribution < -0.4 is 5.32 Å². The van der Waals surface area contributed by atoms with Crippen molar-refractivity contribution in [3.8, 4) is 0 Å². The van der Waals surface area contributed by atoms with Gasteiger partial charge in [0, 0.05) is 64.0 Å². The van der Waals surface area contributed by atoms with E-state index in [4.69, 9.17) is 9.47 Å². The van der Waals surface area contributed by atoms with E-state index in [0.29, 0.717) is 19.7 Å². The maximum absolute atomic E-state index is 12.6. The van der Waals surface area contributed by atoms with Crippen molar-refractivity contribution in [3.63, 3.8) is 0 Å². The molecule has 2 heterocycles. The van der Waals surface area contributed by atoms with E-state index in [1.54, 1.807) is 12.0 Å². The van der Waals surface area contributed by atoms with Crippen LogP contribution in [0.4, 0.5) is 0 Å². The van der Waals surface area contributed by atoms with Gasteiger partial charge in [0.15, 0.2) is 0 Å². The Morgan fingerprint density at radius 1 is 1.38 bits per heavy atom. The van der Waals surface area contributed by atoms with E-state index in [9.17, 15) is 4.79 Å². The second-order valence-electron chi connectivity index (χ2n) is 6.82. The summed E-state index contributed by atoms with van der Waals surface area (Å²) in [6.07, 6.45) is 3.92. The molecule has 1 aliphatic heterocycles. The third-order valence-electron chi connectivity index (χ3n) is 4.86. The molecule has 1 N–H and O–H groups in total. The molecule has 1 amide bonds. The van der Waals surface area contributed by atoms with Crippen molar-refractivity contribution in [2.24, 2.45) is 0 Å². The maximum atomic E-state index is 12.6. The first-order valence-corrected chi connectivity index (χ1v) is 9.33. The quantitative estimate of drug-likeness (QED) is 0.733. The smallest absolute Gasteiger partial charge is 0.253 e. The zero-order valence-corrected chi connectivity index (χ0v) is 15.7. The molecule has 0 bridgehead atoms. The van der Waals surface area contributed by atoms with Crippen molar-refractivity contribution in [1.29, 1.82) is 0 Å². The van der Waals surface area contributed by atoms with Crippen LogP contribution in [0.5, 0.6) is 0 Å². The van der Waals surface area contributed by atoms with Gasteiger partial charge >= 0.3 is 0 Å². The number of ether oxygens (including phenoxy) is 2. The van der Waals surface area contributed by atoms with Gasteiger partial charge in [-0.1, -0.05) is 18.2 Å². The van der Waals surface area contributed by atoms with Crippen LogP contribution in [-0.2, 0) is 27.4 Å². The van der Waals surface area contributed by atoms with Gasteiger partial charge in [0.1, 0.15) is 6.10 Å². The number of aryl methyl sites for hydroxylation is 1. The average molecular weight is 359 g/mol. The van der Waals surface area contributed by atoms with E-state index in [2.05, 4.69) is 40.3 Å². The summed E-state index contributed by atoms with van der Waals surface area (Å²) in [4.78, 5) is 14.4. The molecule has 1 fully saturated rings. The molecule has 3 rings (SSSR count). The molecular formula is C20H29N3O3. The first-order chi connectivity index (χ1) is 12.7. The highest BCUT2D eigenvalue weighted by atomic mass is 16.5. The van der Waals surface area contributed by atoms with E-state index in [1.807, 2.05) is 7.05 Å². The van der Waals surface area contributed by atoms with Crippen LogP contribution in [0.25, 0.3) is 10.9 Å². The molecule has 0 aliphatic carbocycles. The number of benzene rings is 1. The number of morpholine rings is 1. The molecule has 1 aromatic heterocycles. The lowest BCUT2D eigenvalue weighted by molar-refractivity contribution is -0.144. The maximum Gasteiger partial charge on any atom is 0.253 e. The zero-order chi connectivity index (χ0) is 18.4. The van der Waals surface area contributed by atoms with E-state index in [0.717, 1.165) is 32.5 Å². The van der Waals surface area contributed by atoms with Crippen LogP contribution in [-0.4, -0.2) is 61.9 Å². The fraction of sp³-hybridized carbons (Fsp3) is 0.550. The summed E-state index contributed by atoms with van der Waals surface area (Å²) >= 11 is 0. The summed E-state index contributed by atoms with van der Waals surface area (Å²) in [6, 6.07) is 8.39. The molecule has 0 spiro atoms. The molecule has 1 aromatic carbocycles. The van der Waals surface area contributed by atoms with Crippen LogP contribution in [0.3, 0.4) is 0 Å². The minimum atomic E-state index is -0.379. The Labute approximate surface area is 155 Å². The SMILES string of the molecule is COCCCCn1cc(CN(C)C(=O)C2CNCCO2)c2ccccc21. The predicted molar refractivity (Wildman–Crippen MR) is 102 cm³/mol. The molecular weight excluding hydrogens is 330 g/mol. The highest BCUT2D eigenvalue weighted by molar-refractivity contribution is 5.85. The normalized spacial score (nSPS) is 17.5. The van der Waals surface area contributed by atoms with Crippen molar-refractivity contribution in [2.45, 2.75) is 32.0 Å². The molecule has 2 aromatic rings. The number of hydrogen-bond donors (Lipinski definition) is 1. The molecule has 1 saturated heterocycles. The molecule has 1 unspecified atom stereocenters. The number of methoxy groups -OCH3 is 1. The molecule has 6 heteroatoms. The molecule has 0 saturated carbocycles. The van der Waals surface area contributed by atoms with Gasteiger partial charge in [0.25, 0.3) is 5.91 Å². The molecule has 6 nitrogen and oxygen atoms in total. The molecule has 26 heavy (non-hydrogen) atoms. The Balaban J connectivity index is 1.71. The molecule has 1 atom stereocenters. The number of nitrogens with one attached hydrogen (secondary N) is 1. The second kappa shape index (κ2) is 9.16. The third kappa shape index (κ3) is 4.44. The number of carbonyl (C=O) groups is 1. The number of unbranched alkanes of at least 4 members (excludes halogenated alkanes) is 1. The predicted octanol–water partition coefficient (Wildman–Crippen LogP) is 2.01. The molecule has 1 aliphatic rings. The average Bonchev–Trinajstić information content (AvgIpc) is 3.03. The first-order valence-electron chi connectivity index (χ1n) is 9.33. The lowest BCUT2D eigenvalue weighted by Gasteiger charge is -2.27. The number of nitrogens with zero attached hydrogens (tertiary/aromatic N) is 2. The van der Waals surface area contributed by atoms with Crippen LogP contribution in [0, 0.1) is 0 Å². The van der Waals surface area contributed by atoms with Gasteiger partial charge in [-0.15, -0.1) is 0 Å². The number of para-hydroxylation sites is 1. The number of amides is 1. The topological polar surface area (TPSA) is 55.7 Å². The minimum absolute atomic E-state index is 0.0362. The number of fused-ring (bicyclic) bond motifs is 1. The van der Waals surface area contributed by atoms with Gasteiger partial charge < -0.3 is 24.3 Å². The fourth-order valence-electron chi connectivity index (χ4n) is 3.47. The monoisotopic (exact) mass is 359 g/mol. The van der Waals surface area contributed by atoms with Gasteiger partial charge in [-0.25, -0.2) is 0 Å². The van der Waals surface area contributed by atoms with Gasteiger partial charge in [0.05, 0.1) is 6.61 Å². The van der Waals surface area contributed by atoms with Gasteiger partial charge in [0.2, 0.25) is 0 Å². The van der Waals surface area contributed by atoms with E-state index < -0.39 is 0 Å². The van der Waals surface area contributed by atoms with Gasteiger partial charge in [-0.05, 0) is 24.5 Å².